The number of hydrogen-bond donors (Lipinski definition) is 4. The standard InChI is InChI=1S/C27H28N6O/c1-17-5-7-21(8-6-17)29-25-16-20(4)28-26(33-25)30-22-9-11-23(12-10-22)31-27(34)32-24-14-18(2)13-19(3)15-24/h5-16H,1-4H3,(H2,31,32,34)(H2,28,29,30,33). The summed E-state index contributed by atoms with van der Waals surface area (Å²) >= 11 is 0. The Morgan fingerprint density at radius 2 is 1.15 bits per heavy atom. The van der Waals surface area contributed by atoms with E-state index in [4.69, 9.17) is 0 Å². The lowest BCUT2D eigenvalue weighted by Gasteiger charge is -2.12. The number of benzene rings is 3. The van der Waals surface area contributed by atoms with E-state index in [-0.39, 0.29) is 6.03 Å². The summed E-state index contributed by atoms with van der Waals surface area (Å²) in [5.74, 6) is 1.20. The SMILES string of the molecule is Cc1ccc(Nc2cc(C)nc(Nc3ccc(NC(=O)Nc4cc(C)cc(C)c4)cc3)n2)cc1. The van der Waals surface area contributed by atoms with Crippen LogP contribution in [0.3, 0.4) is 0 Å². The molecule has 4 rings (SSSR count). The number of hydrogen-bond acceptors (Lipinski definition) is 5. The Bertz CT molecular complexity index is 1280. The van der Waals surface area contributed by atoms with Crippen molar-refractivity contribution >= 4 is 40.5 Å². The van der Waals surface area contributed by atoms with E-state index in [1.54, 1.807) is 0 Å². The molecule has 0 atom stereocenters. The molecule has 172 valence electrons. The summed E-state index contributed by atoms with van der Waals surface area (Å²) in [4.78, 5) is 21.4. The first-order chi connectivity index (χ1) is 16.3. The first kappa shape index (κ1) is 22.8. The highest BCUT2D eigenvalue weighted by molar-refractivity contribution is 5.99. The fraction of sp³-hybridized carbons (Fsp3) is 0.148. The van der Waals surface area contributed by atoms with Gasteiger partial charge in [-0.3, -0.25) is 0 Å². The van der Waals surface area contributed by atoms with Crippen LogP contribution in [0.15, 0.2) is 72.8 Å². The van der Waals surface area contributed by atoms with E-state index in [0.29, 0.717) is 17.5 Å². The molecule has 0 radical (unpaired) electrons. The number of carbonyl (C=O) groups excluding carboxylic acids is 1. The Morgan fingerprint density at radius 3 is 1.82 bits per heavy atom. The number of anilines is 6. The van der Waals surface area contributed by atoms with Crippen molar-refractivity contribution in [2.75, 3.05) is 21.3 Å². The summed E-state index contributed by atoms with van der Waals surface area (Å²) < 4.78 is 0. The predicted molar refractivity (Wildman–Crippen MR) is 140 cm³/mol. The summed E-state index contributed by atoms with van der Waals surface area (Å²) in [6.45, 7) is 7.98. The maximum atomic E-state index is 12.4. The average molecular weight is 453 g/mol. The van der Waals surface area contributed by atoms with Gasteiger partial charge < -0.3 is 21.3 Å². The van der Waals surface area contributed by atoms with Crippen molar-refractivity contribution in [2.45, 2.75) is 27.7 Å². The van der Waals surface area contributed by atoms with Crippen molar-refractivity contribution in [3.63, 3.8) is 0 Å². The summed E-state index contributed by atoms with van der Waals surface area (Å²) in [6, 6.07) is 23.0. The second-order valence-electron chi connectivity index (χ2n) is 8.37. The van der Waals surface area contributed by atoms with Crippen LogP contribution < -0.4 is 21.3 Å². The molecule has 0 saturated carbocycles. The lowest BCUT2D eigenvalue weighted by Crippen LogP contribution is -2.19. The molecule has 0 aliphatic carbocycles. The zero-order chi connectivity index (χ0) is 24.1. The fourth-order valence-corrected chi connectivity index (χ4v) is 3.58. The molecule has 1 heterocycles. The van der Waals surface area contributed by atoms with Gasteiger partial charge in [-0.1, -0.05) is 23.8 Å². The number of urea groups is 1. The van der Waals surface area contributed by atoms with Crippen LogP contribution in [0.5, 0.6) is 0 Å². The molecule has 0 fully saturated rings. The van der Waals surface area contributed by atoms with Gasteiger partial charge in [-0.2, -0.15) is 4.98 Å². The zero-order valence-electron chi connectivity index (χ0n) is 19.7. The molecule has 3 aromatic carbocycles. The summed E-state index contributed by atoms with van der Waals surface area (Å²) in [6.07, 6.45) is 0. The number of nitrogens with one attached hydrogen (secondary N) is 4. The van der Waals surface area contributed by atoms with Crippen LogP contribution in [0.25, 0.3) is 0 Å². The minimum absolute atomic E-state index is 0.292. The molecule has 7 nitrogen and oxygen atoms in total. The molecule has 0 aliphatic heterocycles. The zero-order valence-corrected chi connectivity index (χ0v) is 19.7. The normalized spacial score (nSPS) is 10.5. The van der Waals surface area contributed by atoms with Crippen LogP contribution in [0.2, 0.25) is 0 Å². The van der Waals surface area contributed by atoms with Crippen LogP contribution in [-0.2, 0) is 0 Å². The second kappa shape index (κ2) is 10.0. The van der Waals surface area contributed by atoms with Gasteiger partial charge in [-0.15, -0.1) is 0 Å². The van der Waals surface area contributed by atoms with Gasteiger partial charge in [0.2, 0.25) is 5.95 Å². The Hall–Kier alpha value is -4.39. The average Bonchev–Trinajstić information content (AvgIpc) is 2.75. The number of amides is 2. The van der Waals surface area contributed by atoms with E-state index in [1.807, 2.05) is 87.5 Å². The van der Waals surface area contributed by atoms with E-state index in [2.05, 4.69) is 44.2 Å². The van der Waals surface area contributed by atoms with Crippen LogP contribution in [-0.4, -0.2) is 16.0 Å². The van der Waals surface area contributed by atoms with Gasteiger partial charge >= 0.3 is 6.03 Å². The van der Waals surface area contributed by atoms with Gasteiger partial charge in [0.15, 0.2) is 0 Å². The van der Waals surface area contributed by atoms with Crippen molar-refractivity contribution in [3.8, 4) is 0 Å². The lowest BCUT2D eigenvalue weighted by molar-refractivity contribution is 0.262. The van der Waals surface area contributed by atoms with Crippen LogP contribution in [0, 0.1) is 27.7 Å². The summed E-state index contributed by atoms with van der Waals surface area (Å²) in [5, 5.41) is 12.3. The molecule has 4 N–H and O–H groups in total. The second-order valence-corrected chi connectivity index (χ2v) is 8.37. The van der Waals surface area contributed by atoms with E-state index in [0.717, 1.165) is 33.9 Å². The van der Waals surface area contributed by atoms with Gasteiger partial charge in [-0.05, 0) is 87.4 Å². The fourth-order valence-electron chi connectivity index (χ4n) is 3.58. The molecular weight excluding hydrogens is 424 g/mol. The molecular formula is C27H28N6O. The topological polar surface area (TPSA) is 91.0 Å². The lowest BCUT2D eigenvalue weighted by atomic mass is 10.1. The quantitative estimate of drug-likeness (QED) is 0.257. The van der Waals surface area contributed by atoms with Crippen molar-refractivity contribution in [3.05, 3.63) is 95.2 Å². The van der Waals surface area contributed by atoms with Crippen molar-refractivity contribution < 1.29 is 4.79 Å². The minimum atomic E-state index is -0.292. The smallest absolute Gasteiger partial charge is 0.323 e. The van der Waals surface area contributed by atoms with Crippen LogP contribution in [0.4, 0.5) is 39.3 Å². The molecule has 2 amide bonds. The third kappa shape index (κ3) is 6.32. The highest BCUT2D eigenvalue weighted by Gasteiger charge is 2.06. The number of aryl methyl sites for hydroxylation is 4. The third-order valence-electron chi connectivity index (χ3n) is 5.06. The molecule has 7 heteroatoms. The monoisotopic (exact) mass is 452 g/mol. The van der Waals surface area contributed by atoms with Crippen molar-refractivity contribution in [1.29, 1.82) is 0 Å². The van der Waals surface area contributed by atoms with E-state index in [9.17, 15) is 4.79 Å². The molecule has 4 aromatic rings. The van der Waals surface area contributed by atoms with Gasteiger partial charge in [0.05, 0.1) is 0 Å². The first-order valence-electron chi connectivity index (χ1n) is 11.1. The number of aromatic nitrogens is 2. The van der Waals surface area contributed by atoms with Crippen molar-refractivity contribution in [2.24, 2.45) is 0 Å². The Balaban J connectivity index is 1.38. The third-order valence-corrected chi connectivity index (χ3v) is 5.06. The van der Waals surface area contributed by atoms with Gasteiger partial charge in [0.25, 0.3) is 0 Å². The predicted octanol–water partition coefficient (Wildman–Crippen LogP) is 6.84. The molecule has 0 saturated heterocycles. The van der Waals surface area contributed by atoms with E-state index in [1.165, 1.54) is 5.56 Å². The Kier molecular flexibility index (Phi) is 6.73. The maximum absolute atomic E-state index is 12.4. The first-order valence-corrected chi connectivity index (χ1v) is 11.1. The highest BCUT2D eigenvalue weighted by atomic mass is 16.2. The molecule has 0 bridgehead atoms. The van der Waals surface area contributed by atoms with Crippen molar-refractivity contribution in [1.82, 2.24) is 9.97 Å². The van der Waals surface area contributed by atoms with Crippen LogP contribution >= 0.6 is 0 Å². The summed E-state index contributed by atoms with van der Waals surface area (Å²) in [7, 11) is 0. The number of carbonyl (C=O) groups is 1. The van der Waals surface area contributed by atoms with E-state index < -0.39 is 0 Å². The van der Waals surface area contributed by atoms with Gasteiger partial charge in [0, 0.05) is 34.5 Å². The summed E-state index contributed by atoms with van der Waals surface area (Å²) in [5.41, 5.74) is 7.46. The van der Waals surface area contributed by atoms with Gasteiger partial charge in [0.1, 0.15) is 5.82 Å². The number of rotatable bonds is 6. The molecule has 34 heavy (non-hydrogen) atoms. The molecule has 1 aromatic heterocycles. The Morgan fingerprint density at radius 1 is 0.588 bits per heavy atom. The largest absolute Gasteiger partial charge is 0.340 e. The number of nitrogens with zero attached hydrogens (tertiary/aromatic N) is 2. The highest BCUT2D eigenvalue weighted by Crippen LogP contribution is 2.21. The van der Waals surface area contributed by atoms with Crippen LogP contribution in [0.1, 0.15) is 22.4 Å². The van der Waals surface area contributed by atoms with E-state index >= 15 is 0 Å². The Labute approximate surface area is 199 Å². The molecule has 0 unspecified atom stereocenters. The maximum Gasteiger partial charge on any atom is 0.323 e. The molecule has 0 aliphatic rings. The minimum Gasteiger partial charge on any atom is -0.340 e. The molecule has 0 spiro atoms. The van der Waals surface area contributed by atoms with Gasteiger partial charge in [-0.25, -0.2) is 9.78 Å².